The summed E-state index contributed by atoms with van der Waals surface area (Å²) in [4.78, 5) is 36.0. The third-order valence-corrected chi connectivity index (χ3v) is 7.51. The SMILES string of the molecule is CCCCN(Cc1ccc(-c2ccccc2-c2nnn[nH]2)cc1)c1ncncc1C(=O)OC(C)OC(=O)OC1CCCCC1. The molecule has 4 aromatic rings. The van der Waals surface area contributed by atoms with Crippen LogP contribution in [0.5, 0.6) is 0 Å². The average molecular weight is 600 g/mol. The van der Waals surface area contributed by atoms with Gasteiger partial charge in [0, 0.05) is 31.8 Å². The van der Waals surface area contributed by atoms with Crippen LogP contribution in [0.15, 0.2) is 61.1 Å². The Morgan fingerprint density at radius 3 is 2.52 bits per heavy atom. The molecule has 1 saturated carbocycles. The molecule has 0 spiro atoms. The summed E-state index contributed by atoms with van der Waals surface area (Å²) < 4.78 is 16.1. The van der Waals surface area contributed by atoms with Gasteiger partial charge in [-0.2, -0.15) is 0 Å². The third-order valence-electron chi connectivity index (χ3n) is 7.51. The summed E-state index contributed by atoms with van der Waals surface area (Å²) in [6.07, 6.45) is 7.37. The number of nitrogens with one attached hydrogen (secondary N) is 1. The number of tetrazole rings is 1. The maximum Gasteiger partial charge on any atom is 0.511 e. The van der Waals surface area contributed by atoms with Gasteiger partial charge in [0.05, 0.1) is 0 Å². The van der Waals surface area contributed by atoms with Crippen LogP contribution in [0.25, 0.3) is 22.5 Å². The molecule has 2 aromatic heterocycles. The number of rotatable bonds is 12. The highest BCUT2D eigenvalue weighted by Gasteiger charge is 2.25. The fourth-order valence-corrected chi connectivity index (χ4v) is 5.27. The van der Waals surface area contributed by atoms with E-state index in [2.05, 4.69) is 61.8 Å². The molecule has 230 valence electrons. The molecule has 44 heavy (non-hydrogen) atoms. The number of carbonyl (C=O) groups excluding carboxylic acids is 2. The maximum atomic E-state index is 13.2. The molecular formula is C32H37N7O5. The zero-order valence-corrected chi connectivity index (χ0v) is 25.0. The fraction of sp³-hybridized carbons (Fsp3) is 0.406. The van der Waals surface area contributed by atoms with Crippen LogP contribution in [0, 0.1) is 0 Å². The second kappa shape index (κ2) is 15.0. The van der Waals surface area contributed by atoms with Crippen molar-refractivity contribution >= 4 is 17.9 Å². The number of hydrogen-bond donors (Lipinski definition) is 1. The van der Waals surface area contributed by atoms with E-state index in [0.717, 1.165) is 67.2 Å². The van der Waals surface area contributed by atoms with Crippen molar-refractivity contribution in [1.82, 2.24) is 30.6 Å². The molecule has 12 heteroatoms. The van der Waals surface area contributed by atoms with Gasteiger partial charge in [-0.1, -0.05) is 68.3 Å². The number of benzene rings is 2. The number of anilines is 1. The van der Waals surface area contributed by atoms with Crippen molar-refractivity contribution < 1.29 is 23.8 Å². The minimum absolute atomic E-state index is 0.158. The number of nitrogens with zero attached hydrogens (tertiary/aromatic N) is 6. The molecular weight excluding hydrogens is 562 g/mol. The van der Waals surface area contributed by atoms with Crippen molar-refractivity contribution in [3.63, 3.8) is 0 Å². The van der Waals surface area contributed by atoms with E-state index in [9.17, 15) is 9.59 Å². The van der Waals surface area contributed by atoms with E-state index < -0.39 is 18.4 Å². The lowest BCUT2D eigenvalue weighted by molar-refractivity contribution is -0.0914. The summed E-state index contributed by atoms with van der Waals surface area (Å²) in [5.74, 6) is 0.357. The standard InChI is InChI=1S/C32H37N7O5/c1-3-4-18-39(20-23-14-16-24(17-15-23)26-12-8-9-13-27(26)29-35-37-38-36-29)30-28(19-33-21-34-30)31(40)42-22(2)43-32(41)44-25-10-6-5-7-11-25/h8-9,12-17,19,21-22,25H,3-7,10-11,18,20H2,1-2H3,(H,35,36,37,38). The summed E-state index contributed by atoms with van der Waals surface area (Å²) >= 11 is 0. The number of aromatic nitrogens is 6. The summed E-state index contributed by atoms with van der Waals surface area (Å²) in [6.45, 7) is 4.76. The number of carbonyl (C=O) groups is 2. The fourth-order valence-electron chi connectivity index (χ4n) is 5.27. The molecule has 1 aliphatic rings. The van der Waals surface area contributed by atoms with Gasteiger partial charge >= 0.3 is 12.1 Å². The van der Waals surface area contributed by atoms with E-state index in [-0.39, 0.29) is 11.7 Å². The van der Waals surface area contributed by atoms with Crippen LogP contribution in [-0.2, 0) is 20.8 Å². The molecule has 2 heterocycles. The van der Waals surface area contributed by atoms with Crippen LogP contribution in [0.1, 0.15) is 74.7 Å². The average Bonchev–Trinajstić information content (AvgIpc) is 3.59. The molecule has 0 amide bonds. The van der Waals surface area contributed by atoms with Crippen molar-refractivity contribution in [3.05, 3.63) is 72.2 Å². The van der Waals surface area contributed by atoms with Gasteiger partial charge in [-0.25, -0.2) is 24.7 Å². The van der Waals surface area contributed by atoms with Crippen LogP contribution < -0.4 is 4.90 Å². The van der Waals surface area contributed by atoms with E-state index in [1.54, 1.807) is 0 Å². The van der Waals surface area contributed by atoms with Crippen LogP contribution in [-0.4, -0.2) is 61.7 Å². The summed E-state index contributed by atoms with van der Waals surface area (Å²) in [5, 5.41) is 14.3. The van der Waals surface area contributed by atoms with Crippen molar-refractivity contribution in [1.29, 1.82) is 0 Å². The van der Waals surface area contributed by atoms with E-state index >= 15 is 0 Å². The number of esters is 1. The summed E-state index contributed by atoms with van der Waals surface area (Å²) in [6, 6.07) is 16.1. The Morgan fingerprint density at radius 2 is 1.80 bits per heavy atom. The molecule has 1 aliphatic carbocycles. The number of ether oxygens (including phenoxy) is 3. The highest BCUT2D eigenvalue weighted by Crippen LogP contribution is 2.30. The molecule has 5 rings (SSSR count). The number of aromatic amines is 1. The lowest BCUT2D eigenvalue weighted by Gasteiger charge is -2.26. The zero-order valence-electron chi connectivity index (χ0n) is 25.0. The molecule has 0 aliphatic heterocycles. The van der Waals surface area contributed by atoms with Gasteiger partial charge in [0.25, 0.3) is 0 Å². The Bertz CT molecular complexity index is 1510. The number of unbranched alkanes of at least 4 members (excludes halogenated alkanes) is 1. The Hall–Kier alpha value is -4.87. The van der Waals surface area contributed by atoms with Crippen molar-refractivity contribution in [2.75, 3.05) is 11.4 Å². The van der Waals surface area contributed by atoms with E-state index in [4.69, 9.17) is 14.2 Å². The van der Waals surface area contributed by atoms with Gasteiger partial charge in [-0.3, -0.25) is 0 Å². The molecule has 1 atom stereocenters. The minimum Gasteiger partial charge on any atom is -0.431 e. The van der Waals surface area contributed by atoms with Gasteiger partial charge in [-0.05, 0) is 59.2 Å². The number of H-pyrrole nitrogens is 1. The molecule has 1 fully saturated rings. The smallest absolute Gasteiger partial charge is 0.431 e. The van der Waals surface area contributed by atoms with E-state index in [1.165, 1.54) is 19.4 Å². The van der Waals surface area contributed by atoms with Gasteiger partial charge in [0.1, 0.15) is 23.8 Å². The van der Waals surface area contributed by atoms with Gasteiger partial charge in [0.15, 0.2) is 5.82 Å². The highest BCUT2D eigenvalue weighted by molar-refractivity contribution is 5.94. The van der Waals surface area contributed by atoms with E-state index in [1.807, 2.05) is 29.2 Å². The van der Waals surface area contributed by atoms with E-state index in [0.29, 0.717) is 24.7 Å². The molecule has 1 N–H and O–H groups in total. The second-order valence-electron chi connectivity index (χ2n) is 10.7. The van der Waals surface area contributed by atoms with Gasteiger partial charge in [0.2, 0.25) is 6.29 Å². The Labute approximate surface area is 256 Å². The largest absolute Gasteiger partial charge is 0.511 e. The second-order valence-corrected chi connectivity index (χ2v) is 10.7. The lowest BCUT2D eigenvalue weighted by atomic mass is 9.98. The van der Waals surface area contributed by atoms with Crippen LogP contribution in [0.4, 0.5) is 10.6 Å². The number of hydrogen-bond acceptors (Lipinski definition) is 11. The molecule has 0 bridgehead atoms. The lowest BCUT2D eigenvalue weighted by Crippen LogP contribution is -2.29. The first-order chi connectivity index (χ1) is 21.5. The predicted molar refractivity (Wildman–Crippen MR) is 162 cm³/mol. The Morgan fingerprint density at radius 1 is 1.02 bits per heavy atom. The summed E-state index contributed by atoms with van der Waals surface area (Å²) in [7, 11) is 0. The maximum absolute atomic E-state index is 13.2. The zero-order chi connectivity index (χ0) is 30.7. The molecule has 12 nitrogen and oxygen atoms in total. The van der Waals surface area contributed by atoms with Crippen molar-refractivity contribution in [2.45, 2.75) is 77.7 Å². The summed E-state index contributed by atoms with van der Waals surface area (Å²) in [5.41, 5.74) is 4.14. The highest BCUT2D eigenvalue weighted by atomic mass is 16.8. The van der Waals surface area contributed by atoms with Crippen LogP contribution in [0.2, 0.25) is 0 Å². The first-order valence-electron chi connectivity index (χ1n) is 15.1. The molecule has 0 saturated heterocycles. The quantitative estimate of drug-likeness (QED) is 0.148. The van der Waals surface area contributed by atoms with Gasteiger partial charge < -0.3 is 19.1 Å². The van der Waals surface area contributed by atoms with Crippen LogP contribution >= 0.6 is 0 Å². The third kappa shape index (κ3) is 7.94. The monoisotopic (exact) mass is 599 g/mol. The topological polar surface area (TPSA) is 145 Å². The molecule has 2 aromatic carbocycles. The normalized spacial score (nSPS) is 14.0. The molecule has 0 radical (unpaired) electrons. The molecule has 1 unspecified atom stereocenters. The van der Waals surface area contributed by atoms with Gasteiger partial charge in [-0.15, -0.1) is 5.10 Å². The first-order valence-corrected chi connectivity index (χ1v) is 15.1. The Balaban J connectivity index is 1.28. The van der Waals surface area contributed by atoms with Crippen molar-refractivity contribution in [2.24, 2.45) is 0 Å². The predicted octanol–water partition coefficient (Wildman–Crippen LogP) is 6.12. The Kier molecular flexibility index (Phi) is 10.5. The van der Waals surface area contributed by atoms with Crippen LogP contribution in [0.3, 0.4) is 0 Å². The first kappa shape index (κ1) is 30.6. The minimum atomic E-state index is -1.14. The van der Waals surface area contributed by atoms with Crippen molar-refractivity contribution in [3.8, 4) is 22.5 Å².